The zero-order valence-electron chi connectivity index (χ0n) is 10.2. The smallest absolute Gasteiger partial charge is 0.219 e. The average Bonchev–Trinajstić information content (AvgIpc) is 2.39. The lowest BCUT2D eigenvalue weighted by molar-refractivity contribution is 0.198. The molecule has 1 atom stereocenters. The highest BCUT2D eigenvalue weighted by molar-refractivity contribution is 5.45. The molecule has 0 aliphatic heterocycles. The number of rotatable bonds is 3. The summed E-state index contributed by atoms with van der Waals surface area (Å²) in [6, 6.07) is 9.08. The van der Waals surface area contributed by atoms with Gasteiger partial charge in [0.05, 0.1) is 6.10 Å². The average molecular weight is 258 g/mol. The van der Waals surface area contributed by atoms with Gasteiger partial charge >= 0.3 is 0 Å². The normalized spacial score (nSPS) is 11.7. The summed E-state index contributed by atoms with van der Waals surface area (Å²) in [5.74, 6) is -0.299. The van der Waals surface area contributed by atoms with Crippen LogP contribution in [-0.2, 0) is 0 Å². The maximum absolute atomic E-state index is 13.4. The van der Waals surface area contributed by atoms with E-state index in [2.05, 4.69) is 4.98 Å². The largest absolute Gasteiger partial charge is 0.438 e. The predicted molar refractivity (Wildman–Crippen MR) is 66.1 cm³/mol. The van der Waals surface area contributed by atoms with Crippen LogP contribution in [0.1, 0.15) is 24.2 Å². The SMILES string of the molecule is C[C@H](O)c1ccc(Oc2cccc(F)c2C#N)nc1. The summed E-state index contributed by atoms with van der Waals surface area (Å²) < 4.78 is 18.7. The van der Waals surface area contributed by atoms with Gasteiger partial charge in [0.25, 0.3) is 0 Å². The molecule has 96 valence electrons. The molecule has 1 heterocycles. The number of halogens is 1. The number of ether oxygens (including phenoxy) is 1. The second kappa shape index (κ2) is 5.46. The lowest BCUT2D eigenvalue weighted by Gasteiger charge is -2.08. The molecule has 0 aliphatic carbocycles. The van der Waals surface area contributed by atoms with Crippen LogP contribution in [0.25, 0.3) is 0 Å². The Bertz CT molecular complexity index is 618. The van der Waals surface area contributed by atoms with Crippen LogP contribution in [0, 0.1) is 17.1 Å². The van der Waals surface area contributed by atoms with Crippen LogP contribution in [0.15, 0.2) is 36.5 Å². The molecule has 1 aromatic carbocycles. The van der Waals surface area contributed by atoms with Crippen molar-refractivity contribution in [3.63, 3.8) is 0 Å². The molecule has 1 aromatic heterocycles. The van der Waals surface area contributed by atoms with Gasteiger partial charge in [0, 0.05) is 12.3 Å². The van der Waals surface area contributed by atoms with Crippen LogP contribution < -0.4 is 4.74 Å². The fourth-order valence-electron chi connectivity index (χ4n) is 1.51. The van der Waals surface area contributed by atoms with Crippen LogP contribution in [0.5, 0.6) is 11.6 Å². The molecule has 5 heteroatoms. The molecule has 2 aromatic rings. The van der Waals surface area contributed by atoms with Gasteiger partial charge < -0.3 is 9.84 Å². The number of aliphatic hydroxyl groups excluding tert-OH is 1. The molecule has 0 saturated carbocycles. The Labute approximate surface area is 109 Å². The van der Waals surface area contributed by atoms with Gasteiger partial charge in [-0.1, -0.05) is 6.07 Å². The maximum atomic E-state index is 13.4. The Morgan fingerprint density at radius 1 is 1.37 bits per heavy atom. The Kier molecular flexibility index (Phi) is 3.74. The molecule has 0 fully saturated rings. The molecule has 0 amide bonds. The molecule has 0 spiro atoms. The van der Waals surface area contributed by atoms with Crippen molar-refractivity contribution in [2.45, 2.75) is 13.0 Å². The van der Waals surface area contributed by atoms with Gasteiger partial charge in [-0.05, 0) is 30.7 Å². The van der Waals surface area contributed by atoms with Crippen molar-refractivity contribution >= 4 is 0 Å². The summed E-state index contributed by atoms with van der Waals surface area (Å²) in [5, 5.41) is 18.2. The monoisotopic (exact) mass is 258 g/mol. The molecule has 0 aliphatic rings. The Balaban J connectivity index is 2.27. The minimum atomic E-state index is -0.638. The third-order valence-electron chi connectivity index (χ3n) is 2.54. The number of nitrogens with zero attached hydrogens (tertiary/aromatic N) is 2. The van der Waals surface area contributed by atoms with Crippen molar-refractivity contribution in [1.29, 1.82) is 5.26 Å². The molecule has 4 nitrogen and oxygen atoms in total. The number of pyridine rings is 1. The standard InChI is InChI=1S/C14H11FN2O2/c1-9(18)10-5-6-14(17-8-10)19-13-4-2-3-12(15)11(13)7-16/h2-6,8-9,18H,1H3/t9-/m0/s1. The summed E-state index contributed by atoms with van der Waals surface area (Å²) in [7, 11) is 0. The topological polar surface area (TPSA) is 66.1 Å². The van der Waals surface area contributed by atoms with Gasteiger partial charge in [0.15, 0.2) is 0 Å². The number of aromatic nitrogens is 1. The van der Waals surface area contributed by atoms with Crippen LogP contribution in [0.3, 0.4) is 0 Å². The van der Waals surface area contributed by atoms with E-state index in [1.54, 1.807) is 25.1 Å². The van der Waals surface area contributed by atoms with Crippen LogP contribution in [0.4, 0.5) is 4.39 Å². The second-order valence-electron chi connectivity index (χ2n) is 3.93. The lowest BCUT2D eigenvalue weighted by atomic mass is 10.2. The quantitative estimate of drug-likeness (QED) is 0.919. The zero-order chi connectivity index (χ0) is 13.8. The first-order valence-corrected chi connectivity index (χ1v) is 5.62. The number of hydrogen-bond acceptors (Lipinski definition) is 4. The van der Waals surface area contributed by atoms with Crippen molar-refractivity contribution in [2.75, 3.05) is 0 Å². The first-order valence-electron chi connectivity index (χ1n) is 5.62. The molecule has 0 bridgehead atoms. The second-order valence-corrected chi connectivity index (χ2v) is 3.93. The van der Waals surface area contributed by atoms with Crippen LogP contribution >= 0.6 is 0 Å². The first-order chi connectivity index (χ1) is 9.11. The van der Waals surface area contributed by atoms with Crippen molar-refractivity contribution < 1.29 is 14.2 Å². The van der Waals surface area contributed by atoms with E-state index in [0.717, 1.165) is 0 Å². The Hall–Kier alpha value is -2.45. The molecule has 0 saturated heterocycles. The summed E-state index contributed by atoms with van der Waals surface area (Å²) in [5.41, 5.74) is 0.482. The third kappa shape index (κ3) is 2.87. The number of benzene rings is 1. The first kappa shape index (κ1) is 13.0. The van der Waals surface area contributed by atoms with Crippen molar-refractivity contribution in [3.8, 4) is 17.7 Å². The van der Waals surface area contributed by atoms with Crippen LogP contribution in [-0.4, -0.2) is 10.1 Å². The molecule has 19 heavy (non-hydrogen) atoms. The summed E-state index contributed by atoms with van der Waals surface area (Å²) >= 11 is 0. The van der Waals surface area contributed by atoms with E-state index in [-0.39, 0.29) is 17.2 Å². The molecule has 0 radical (unpaired) electrons. The van der Waals surface area contributed by atoms with E-state index in [0.29, 0.717) is 5.56 Å². The van der Waals surface area contributed by atoms with Crippen molar-refractivity contribution in [1.82, 2.24) is 4.98 Å². The van der Waals surface area contributed by atoms with E-state index in [1.165, 1.54) is 24.4 Å². The van der Waals surface area contributed by atoms with Gasteiger partial charge in [0.1, 0.15) is 23.2 Å². The fraction of sp³-hybridized carbons (Fsp3) is 0.143. The van der Waals surface area contributed by atoms with E-state index in [4.69, 9.17) is 10.00 Å². The molecule has 1 N–H and O–H groups in total. The maximum Gasteiger partial charge on any atom is 0.219 e. The Morgan fingerprint density at radius 2 is 2.16 bits per heavy atom. The number of hydrogen-bond donors (Lipinski definition) is 1. The minimum Gasteiger partial charge on any atom is -0.438 e. The predicted octanol–water partition coefficient (Wildman–Crippen LogP) is 2.94. The highest BCUT2D eigenvalue weighted by atomic mass is 19.1. The number of nitriles is 1. The van der Waals surface area contributed by atoms with Gasteiger partial charge in [-0.25, -0.2) is 9.37 Å². The summed E-state index contributed by atoms with van der Waals surface area (Å²) in [4.78, 5) is 3.99. The van der Waals surface area contributed by atoms with Gasteiger partial charge in [-0.15, -0.1) is 0 Å². The fourth-order valence-corrected chi connectivity index (χ4v) is 1.51. The van der Waals surface area contributed by atoms with Crippen LogP contribution in [0.2, 0.25) is 0 Å². The van der Waals surface area contributed by atoms with Gasteiger partial charge in [0.2, 0.25) is 5.88 Å². The number of aliphatic hydroxyl groups is 1. The molecule has 2 rings (SSSR count). The molecular formula is C14H11FN2O2. The van der Waals surface area contributed by atoms with E-state index in [1.807, 2.05) is 0 Å². The summed E-state index contributed by atoms with van der Waals surface area (Å²) in [6.07, 6.45) is 0.844. The highest BCUT2D eigenvalue weighted by Crippen LogP contribution is 2.25. The van der Waals surface area contributed by atoms with E-state index < -0.39 is 11.9 Å². The summed E-state index contributed by atoms with van der Waals surface area (Å²) in [6.45, 7) is 1.62. The van der Waals surface area contributed by atoms with E-state index >= 15 is 0 Å². The molecular weight excluding hydrogens is 247 g/mol. The highest BCUT2D eigenvalue weighted by Gasteiger charge is 2.10. The minimum absolute atomic E-state index is 0.111. The van der Waals surface area contributed by atoms with Crippen molar-refractivity contribution in [3.05, 3.63) is 53.5 Å². The zero-order valence-corrected chi connectivity index (χ0v) is 10.2. The van der Waals surface area contributed by atoms with E-state index in [9.17, 15) is 9.50 Å². The van der Waals surface area contributed by atoms with Crippen molar-refractivity contribution in [2.24, 2.45) is 0 Å². The third-order valence-corrected chi connectivity index (χ3v) is 2.54. The lowest BCUT2D eigenvalue weighted by Crippen LogP contribution is -1.95. The Morgan fingerprint density at radius 3 is 2.74 bits per heavy atom. The molecule has 0 unspecified atom stereocenters. The van der Waals surface area contributed by atoms with Gasteiger partial charge in [-0.2, -0.15) is 5.26 Å². The van der Waals surface area contributed by atoms with Gasteiger partial charge in [-0.3, -0.25) is 0 Å².